The predicted molar refractivity (Wildman–Crippen MR) is 51.8 cm³/mol. The third kappa shape index (κ3) is 1.30. The molecule has 1 aliphatic heterocycles. The maximum atomic E-state index is 11.0. The predicted octanol–water partition coefficient (Wildman–Crippen LogP) is 1.36. The first-order chi connectivity index (χ1) is 6.31. The van der Waals surface area contributed by atoms with Gasteiger partial charge in [-0.3, -0.25) is 0 Å². The van der Waals surface area contributed by atoms with Crippen LogP contribution >= 0.6 is 0 Å². The summed E-state index contributed by atoms with van der Waals surface area (Å²) in [6.45, 7) is 0.582. The van der Waals surface area contributed by atoms with E-state index in [0.717, 1.165) is 16.9 Å². The Labute approximate surface area is 76.3 Å². The average Bonchev–Trinajstić information content (AvgIpc) is 2.16. The van der Waals surface area contributed by atoms with Crippen LogP contribution in [-0.2, 0) is 6.54 Å². The fourth-order valence-electron chi connectivity index (χ4n) is 1.46. The number of carbonyl (C=O) groups is 1. The zero-order valence-electron chi connectivity index (χ0n) is 7.35. The summed E-state index contributed by atoms with van der Waals surface area (Å²) in [4.78, 5) is 11.0. The number of urea groups is 1. The molecule has 4 heteroatoms. The van der Waals surface area contributed by atoms with Crippen LogP contribution in [0.15, 0.2) is 18.2 Å². The Morgan fingerprint density at radius 3 is 3.08 bits per heavy atom. The van der Waals surface area contributed by atoms with Crippen molar-refractivity contribution in [2.24, 2.45) is 0 Å². The number of amides is 2. The van der Waals surface area contributed by atoms with E-state index in [1.807, 2.05) is 25.2 Å². The van der Waals surface area contributed by atoms with Crippen molar-refractivity contribution in [2.45, 2.75) is 6.54 Å². The van der Waals surface area contributed by atoms with Crippen LogP contribution < -0.4 is 16.0 Å². The molecule has 1 aromatic carbocycles. The Morgan fingerprint density at radius 2 is 2.31 bits per heavy atom. The highest BCUT2D eigenvalue weighted by Gasteiger charge is 2.15. The second-order valence-corrected chi connectivity index (χ2v) is 2.89. The van der Waals surface area contributed by atoms with Crippen molar-refractivity contribution in [2.75, 3.05) is 17.7 Å². The average molecular weight is 177 g/mol. The van der Waals surface area contributed by atoms with Gasteiger partial charge in [-0.2, -0.15) is 0 Å². The van der Waals surface area contributed by atoms with Crippen molar-refractivity contribution in [1.82, 2.24) is 5.32 Å². The van der Waals surface area contributed by atoms with Crippen LogP contribution in [0.2, 0.25) is 0 Å². The lowest BCUT2D eigenvalue weighted by Crippen LogP contribution is -2.33. The first-order valence-corrected chi connectivity index (χ1v) is 4.16. The number of carbonyl (C=O) groups excluding carboxylic acids is 1. The van der Waals surface area contributed by atoms with Gasteiger partial charge in [-0.1, -0.05) is 6.07 Å². The van der Waals surface area contributed by atoms with E-state index in [2.05, 4.69) is 16.0 Å². The highest BCUT2D eigenvalue weighted by Crippen LogP contribution is 2.25. The molecule has 3 N–H and O–H groups in total. The summed E-state index contributed by atoms with van der Waals surface area (Å²) in [5.74, 6) is 0. The first-order valence-electron chi connectivity index (χ1n) is 4.16. The van der Waals surface area contributed by atoms with Gasteiger partial charge in [0.05, 0.1) is 0 Å². The monoisotopic (exact) mass is 177 g/mol. The van der Waals surface area contributed by atoms with Crippen molar-refractivity contribution in [1.29, 1.82) is 0 Å². The number of hydrogen-bond donors (Lipinski definition) is 3. The summed E-state index contributed by atoms with van der Waals surface area (Å²) in [7, 11) is 1.87. The highest BCUT2D eigenvalue weighted by molar-refractivity contribution is 5.93. The molecular formula is C9H11N3O. The fourth-order valence-corrected chi connectivity index (χ4v) is 1.46. The van der Waals surface area contributed by atoms with E-state index in [4.69, 9.17) is 0 Å². The molecule has 68 valence electrons. The topological polar surface area (TPSA) is 53.2 Å². The molecule has 0 aromatic heterocycles. The van der Waals surface area contributed by atoms with Gasteiger partial charge in [-0.25, -0.2) is 4.79 Å². The quantitative estimate of drug-likeness (QED) is 0.606. The Bertz CT molecular complexity index is 349. The molecule has 13 heavy (non-hydrogen) atoms. The molecule has 2 rings (SSSR count). The van der Waals surface area contributed by atoms with Gasteiger partial charge < -0.3 is 16.0 Å². The first kappa shape index (κ1) is 7.91. The number of benzene rings is 1. The molecular weight excluding hydrogens is 166 g/mol. The number of anilines is 2. The van der Waals surface area contributed by atoms with Crippen molar-refractivity contribution < 1.29 is 4.79 Å². The molecule has 0 unspecified atom stereocenters. The summed E-state index contributed by atoms with van der Waals surface area (Å²) in [5.41, 5.74) is 3.03. The number of hydrogen-bond acceptors (Lipinski definition) is 2. The molecule has 0 bridgehead atoms. The van der Waals surface area contributed by atoms with E-state index in [0.29, 0.717) is 6.54 Å². The van der Waals surface area contributed by atoms with Crippen LogP contribution in [-0.4, -0.2) is 13.1 Å². The Kier molecular flexibility index (Phi) is 1.81. The zero-order valence-corrected chi connectivity index (χ0v) is 7.35. The van der Waals surface area contributed by atoms with E-state index in [1.54, 1.807) is 0 Å². The summed E-state index contributed by atoms with van der Waals surface area (Å²) in [6, 6.07) is 5.66. The summed E-state index contributed by atoms with van der Waals surface area (Å²) in [5, 5.41) is 8.55. The molecule has 2 amide bonds. The molecule has 1 aromatic rings. The maximum Gasteiger partial charge on any atom is 0.319 e. The number of rotatable bonds is 1. The lowest BCUT2D eigenvalue weighted by Gasteiger charge is -2.20. The van der Waals surface area contributed by atoms with Gasteiger partial charge in [0.2, 0.25) is 0 Å². The third-order valence-corrected chi connectivity index (χ3v) is 2.12. The lowest BCUT2D eigenvalue weighted by molar-refractivity contribution is 0.251. The Morgan fingerprint density at radius 1 is 1.46 bits per heavy atom. The zero-order chi connectivity index (χ0) is 9.26. The standard InChI is InChI=1S/C9H11N3O/c1-10-7-3-2-4-8-6(7)5-11-9(13)12-8/h2-4,10H,5H2,1H3,(H2,11,12,13). The van der Waals surface area contributed by atoms with Crippen LogP contribution in [0.1, 0.15) is 5.56 Å². The van der Waals surface area contributed by atoms with Crippen LogP contribution in [0, 0.1) is 0 Å². The second-order valence-electron chi connectivity index (χ2n) is 2.89. The van der Waals surface area contributed by atoms with Crippen molar-refractivity contribution >= 4 is 17.4 Å². The van der Waals surface area contributed by atoms with Crippen LogP contribution in [0.5, 0.6) is 0 Å². The smallest absolute Gasteiger partial charge is 0.319 e. The van der Waals surface area contributed by atoms with Gasteiger partial charge in [-0.05, 0) is 12.1 Å². The van der Waals surface area contributed by atoms with E-state index in [-0.39, 0.29) is 6.03 Å². The summed E-state index contributed by atoms with van der Waals surface area (Å²) >= 11 is 0. The second kappa shape index (κ2) is 2.97. The largest absolute Gasteiger partial charge is 0.388 e. The molecule has 1 heterocycles. The molecule has 0 fully saturated rings. The van der Waals surface area contributed by atoms with Crippen LogP contribution in [0.4, 0.5) is 16.2 Å². The molecule has 0 saturated heterocycles. The van der Waals surface area contributed by atoms with E-state index in [9.17, 15) is 4.79 Å². The van der Waals surface area contributed by atoms with Crippen LogP contribution in [0.25, 0.3) is 0 Å². The van der Waals surface area contributed by atoms with Crippen LogP contribution in [0.3, 0.4) is 0 Å². The minimum absolute atomic E-state index is 0.138. The van der Waals surface area contributed by atoms with E-state index in [1.165, 1.54) is 0 Å². The molecule has 1 aliphatic rings. The van der Waals surface area contributed by atoms with Crippen molar-refractivity contribution in [3.63, 3.8) is 0 Å². The normalized spacial score (nSPS) is 14.1. The van der Waals surface area contributed by atoms with Gasteiger partial charge in [0, 0.05) is 30.5 Å². The number of fused-ring (bicyclic) bond motifs is 1. The molecule has 0 aliphatic carbocycles. The molecule has 0 saturated carbocycles. The fraction of sp³-hybridized carbons (Fsp3) is 0.222. The minimum atomic E-state index is -0.138. The third-order valence-electron chi connectivity index (χ3n) is 2.12. The Balaban J connectivity index is 2.45. The molecule has 0 spiro atoms. The molecule has 0 radical (unpaired) electrons. The van der Waals surface area contributed by atoms with Crippen molar-refractivity contribution in [3.8, 4) is 0 Å². The Hall–Kier alpha value is -1.71. The molecule has 4 nitrogen and oxygen atoms in total. The van der Waals surface area contributed by atoms with E-state index >= 15 is 0 Å². The summed E-state index contributed by atoms with van der Waals surface area (Å²) in [6.07, 6.45) is 0. The SMILES string of the molecule is CNc1cccc2c1CNC(=O)N2. The van der Waals surface area contributed by atoms with Gasteiger partial charge in [0.25, 0.3) is 0 Å². The highest BCUT2D eigenvalue weighted by atomic mass is 16.2. The van der Waals surface area contributed by atoms with Gasteiger partial charge >= 0.3 is 6.03 Å². The van der Waals surface area contributed by atoms with Gasteiger partial charge in [0.1, 0.15) is 0 Å². The maximum absolute atomic E-state index is 11.0. The van der Waals surface area contributed by atoms with Gasteiger partial charge in [0.15, 0.2) is 0 Å². The minimum Gasteiger partial charge on any atom is -0.388 e. The number of nitrogens with one attached hydrogen (secondary N) is 3. The van der Waals surface area contributed by atoms with Gasteiger partial charge in [-0.15, -0.1) is 0 Å². The summed E-state index contributed by atoms with van der Waals surface area (Å²) < 4.78 is 0. The van der Waals surface area contributed by atoms with Crippen molar-refractivity contribution in [3.05, 3.63) is 23.8 Å². The van der Waals surface area contributed by atoms with E-state index < -0.39 is 0 Å². The molecule has 0 atom stereocenters. The lowest BCUT2D eigenvalue weighted by atomic mass is 10.1.